The molecular weight excluding hydrogens is 291 g/mol. The topological polar surface area (TPSA) is 44.5 Å². The molecule has 0 amide bonds. The number of alkyl halides is 3. The van der Waals surface area contributed by atoms with Gasteiger partial charge in [-0.05, 0) is 18.2 Å². The fourth-order valence-electron chi connectivity index (χ4n) is 0.974. The Kier molecular flexibility index (Phi) is 4.43. The van der Waals surface area contributed by atoms with Crippen LogP contribution in [0.2, 0.25) is 0 Å². The summed E-state index contributed by atoms with van der Waals surface area (Å²) in [4.78, 5) is 0. The average molecular weight is 300 g/mol. The van der Waals surface area contributed by atoms with Crippen LogP contribution in [0, 0.1) is 0 Å². The van der Waals surface area contributed by atoms with Crippen molar-refractivity contribution < 1.29 is 22.6 Å². The van der Waals surface area contributed by atoms with Crippen molar-refractivity contribution in [2.75, 3.05) is 13.2 Å². The first-order chi connectivity index (χ1) is 7.42. The number of halogens is 4. The van der Waals surface area contributed by atoms with Crippen LogP contribution in [-0.2, 0) is 0 Å². The first kappa shape index (κ1) is 13.1. The Hall–Kier alpha value is -0.950. The molecule has 0 unspecified atom stereocenters. The van der Waals surface area contributed by atoms with Crippen molar-refractivity contribution in [3.8, 4) is 11.5 Å². The minimum atomic E-state index is -4.75. The summed E-state index contributed by atoms with van der Waals surface area (Å²) in [5.41, 5.74) is 5.19. The molecule has 0 fully saturated rings. The highest BCUT2D eigenvalue weighted by Crippen LogP contribution is 2.34. The van der Waals surface area contributed by atoms with Crippen LogP contribution >= 0.6 is 15.9 Å². The molecule has 2 N–H and O–H groups in total. The zero-order chi connectivity index (χ0) is 12.2. The van der Waals surface area contributed by atoms with E-state index >= 15 is 0 Å². The summed E-state index contributed by atoms with van der Waals surface area (Å²) in [5.74, 6) is -0.388. The molecule has 0 aliphatic heterocycles. The van der Waals surface area contributed by atoms with E-state index in [9.17, 15) is 13.2 Å². The summed E-state index contributed by atoms with van der Waals surface area (Å²) in [6.45, 7) is 0.331. The second-order valence-electron chi connectivity index (χ2n) is 2.78. The summed E-state index contributed by atoms with van der Waals surface area (Å²) in [6.07, 6.45) is -4.75. The Labute approximate surface area is 98.5 Å². The third-order valence-electron chi connectivity index (χ3n) is 1.51. The van der Waals surface area contributed by atoms with Crippen molar-refractivity contribution in [2.45, 2.75) is 6.36 Å². The normalized spacial score (nSPS) is 11.3. The lowest BCUT2D eigenvalue weighted by molar-refractivity contribution is -0.275. The third-order valence-corrected chi connectivity index (χ3v) is 2.00. The Morgan fingerprint density at radius 2 is 1.94 bits per heavy atom. The van der Waals surface area contributed by atoms with E-state index in [0.717, 1.165) is 0 Å². The smallest absolute Gasteiger partial charge is 0.488 e. The van der Waals surface area contributed by atoms with E-state index in [1.165, 1.54) is 12.1 Å². The van der Waals surface area contributed by atoms with Crippen molar-refractivity contribution >= 4 is 15.9 Å². The molecule has 3 nitrogen and oxygen atoms in total. The van der Waals surface area contributed by atoms with Gasteiger partial charge in [-0.2, -0.15) is 0 Å². The quantitative estimate of drug-likeness (QED) is 0.930. The van der Waals surface area contributed by atoms with E-state index < -0.39 is 12.1 Å². The van der Waals surface area contributed by atoms with Crippen LogP contribution in [0.25, 0.3) is 0 Å². The fourth-order valence-corrected chi connectivity index (χ4v) is 1.31. The van der Waals surface area contributed by atoms with Gasteiger partial charge in [0.05, 0.1) is 0 Å². The van der Waals surface area contributed by atoms with Gasteiger partial charge in [0.15, 0.2) is 11.5 Å². The van der Waals surface area contributed by atoms with E-state index in [1.54, 1.807) is 6.07 Å². The molecule has 0 saturated heterocycles. The molecule has 16 heavy (non-hydrogen) atoms. The molecule has 1 rings (SSSR count). The molecule has 0 atom stereocenters. The predicted molar refractivity (Wildman–Crippen MR) is 55.4 cm³/mol. The lowest BCUT2D eigenvalue weighted by Crippen LogP contribution is -2.18. The van der Waals surface area contributed by atoms with Gasteiger partial charge < -0.3 is 15.2 Å². The summed E-state index contributed by atoms with van der Waals surface area (Å²) in [6, 6.07) is 4.11. The number of ether oxygens (including phenoxy) is 2. The second-order valence-corrected chi connectivity index (χ2v) is 3.69. The van der Waals surface area contributed by atoms with Crippen molar-refractivity contribution in [3.63, 3.8) is 0 Å². The summed E-state index contributed by atoms with van der Waals surface area (Å²) in [5, 5.41) is 0. The summed E-state index contributed by atoms with van der Waals surface area (Å²) < 4.78 is 45.5. The minimum Gasteiger partial charge on any atom is -0.488 e. The van der Waals surface area contributed by atoms with Gasteiger partial charge in [0.25, 0.3) is 0 Å². The van der Waals surface area contributed by atoms with E-state index in [1.807, 2.05) is 0 Å². The van der Waals surface area contributed by atoms with Gasteiger partial charge in [0.2, 0.25) is 0 Å². The number of hydrogen-bond acceptors (Lipinski definition) is 3. The highest BCUT2D eigenvalue weighted by Gasteiger charge is 2.32. The number of benzene rings is 1. The molecule has 0 saturated carbocycles. The molecule has 0 radical (unpaired) electrons. The molecule has 0 aliphatic rings. The van der Waals surface area contributed by atoms with Gasteiger partial charge in [0.1, 0.15) is 6.61 Å². The van der Waals surface area contributed by atoms with E-state index in [0.29, 0.717) is 4.47 Å². The molecule has 1 aromatic carbocycles. The Morgan fingerprint density at radius 3 is 2.50 bits per heavy atom. The molecule has 0 aromatic heterocycles. The standard InChI is InChI=1S/C9H9BrF3NO2/c10-6-1-2-7(15-4-3-14)8(5-6)16-9(11,12)13/h1-2,5H,3-4,14H2. The molecule has 7 heteroatoms. The molecular formula is C9H9BrF3NO2. The maximum atomic E-state index is 12.1. The summed E-state index contributed by atoms with van der Waals surface area (Å²) in [7, 11) is 0. The van der Waals surface area contributed by atoms with Crippen molar-refractivity contribution in [1.82, 2.24) is 0 Å². The van der Waals surface area contributed by atoms with E-state index in [2.05, 4.69) is 20.7 Å². The minimum absolute atomic E-state index is 0.00553. The summed E-state index contributed by atoms with van der Waals surface area (Å²) >= 11 is 3.04. The van der Waals surface area contributed by atoms with Gasteiger partial charge in [-0.1, -0.05) is 15.9 Å². The van der Waals surface area contributed by atoms with Crippen LogP contribution in [0.3, 0.4) is 0 Å². The van der Waals surface area contributed by atoms with Crippen LogP contribution in [-0.4, -0.2) is 19.5 Å². The second kappa shape index (κ2) is 5.40. The largest absolute Gasteiger partial charge is 0.573 e. The van der Waals surface area contributed by atoms with Gasteiger partial charge in [-0.15, -0.1) is 13.2 Å². The highest BCUT2D eigenvalue weighted by molar-refractivity contribution is 9.10. The Morgan fingerprint density at radius 1 is 1.25 bits per heavy atom. The van der Waals surface area contributed by atoms with Gasteiger partial charge in [0, 0.05) is 11.0 Å². The van der Waals surface area contributed by atoms with Crippen LogP contribution in [0.5, 0.6) is 11.5 Å². The Bertz CT molecular complexity index is 357. The number of hydrogen-bond donors (Lipinski definition) is 1. The van der Waals surface area contributed by atoms with Crippen LogP contribution in [0.15, 0.2) is 22.7 Å². The lowest BCUT2D eigenvalue weighted by atomic mass is 10.3. The maximum Gasteiger partial charge on any atom is 0.573 e. The van der Waals surface area contributed by atoms with Gasteiger partial charge >= 0.3 is 6.36 Å². The zero-order valence-electron chi connectivity index (χ0n) is 8.05. The number of rotatable bonds is 4. The lowest BCUT2D eigenvalue weighted by Gasteiger charge is -2.13. The first-order valence-electron chi connectivity index (χ1n) is 4.30. The van der Waals surface area contributed by atoms with Gasteiger partial charge in [-0.25, -0.2) is 0 Å². The van der Waals surface area contributed by atoms with Crippen molar-refractivity contribution in [1.29, 1.82) is 0 Å². The zero-order valence-corrected chi connectivity index (χ0v) is 9.64. The van der Waals surface area contributed by atoms with Crippen LogP contribution < -0.4 is 15.2 Å². The maximum absolute atomic E-state index is 12.1. The monoisotopic (exact) mass is 299 g/mol. The van der Waals surface area contributed by atoms with Gasteiger partial charge in [-0.3, -0.25) is 0 Å². The molecule has 0 bridgehead atoms. The SMILES string of the molecule is NCCOc1ccc(Br)cc1OC(F)(F)F. The number of nitrogens with two attached hydrogens (primary N) is 1. The molecule has 1 aromatic rings. The van der Waals surface area contributed by atoms with E-state index in [4.69, 9.17) is 10.5 Å². The van der Waals surface area contributed by atoms with Crippen molar-refractivity contribution in [2.24, 2.45) is 5.73 Å². The predicted octanol–water partition coefficient (Wildman–Crippen LogP) is 2.69. The van der Waals surface area contributed by atoms with Crippen LogP contribution in [0.1, 0.15) is 0 Å². The molecule has 0 spiro atoms. The Balaban J connectivity index is 2.89. The van der Waals surface area contributed by atoms with Crippen molar-refractivity contribution in [3.05, 3.63) is 22.7 Å². The highest BCUT2D eigenvalue weighted by atomic mass is 79.9. The average Bonchev–Trinajstić information content (AvgIpc) is 2.14. The fraction of sp³-hybridized carbons (Fsp3) is 0.333. The first-order valence-corrected chi connectivity index (χ1v) is 5.10. The molecule has 0 aliphatic carbocycles. The molecule has 0 heterocycles. The van der Waals surface area contributed by atoms with Crippen LogP contribution in [0.4, 0.5) is 13.2 Å². The third kappa shape index (κ3) is 4.28. The van der Waals surface area contributed by atoms with E-state index in [-0.39, 0.29) is 18.9 Å². The molecule has 90 valence electrons.